The summed E-state index contributed by atoms with van der Waals surface area (Å²) in [6.45, 7) is 1.91. The van der Waals surface area contributed by atoms with Crippen molar-refractivity contribution in [2.45, 2.75) is 13.0 Å². The van der Waals surface area contributed by atoms with Crippen LogP contribution in [-0.2, 0) is 9.47 Å². The molecule has 3 heteroatoms. The Balaban J connectivity index is 0. The van der Waals surface area contributed by atoms with Crippen LogP contribution in [0.5, 0.6) is 0 Å². The van der Waals surface area contributed by atoms with Gasteiger partial charge in [0.15, 0.2) is 0 Å². The van der Waals surface area contributed by atoms with E-state index in [4.69, 9.17) is 5.11 Å². The zero-order valence-corrected chi connectivity index (χ0v) is 6.55. The average molecular weight is 136 g/mol. The van der Waals surface area contributed by atoms with Crippen molar-refractivity contribution in [1.29, 1.82) is 0 Å². The lowest BCUT2D eigenvalue weighted by Crippen LogP contribution is -2.08. The Labute approximate surface area is 56.6 Å². The quantitative estimate of drug-likeness (QED) is 0.592. The Morgan fingerprint density at radius 2 is 1.67 bits per heavy atom. The minimum absolute atomic E-state index is 0.00926. The number of aliphatic hydroxyl groups excluding tert-OH is 1. The predicted molar refractivity (Wildman–Crippen MR) is 36.5 cm³/mol. The average Bonchev–Trinajstić information content (AvgIpc) is 1.88. The highest BCUT2D eigenvalue weighted by atomic mass is 16.5. The summed E-state index contributed by atoms with van der Waals surface area (Å²) in [5, 5.41) is 8.21. The van der Waals surface area contributed by atoms with Crippen molar-refractivity contribution >= 4 is 0 Å². The molecule has 0 aromatic heterocycles. The van der Waals surface area contributed by atoms with E-state index in [-0.39, 0.29) is 12.7 Å². The molecule has 1 N–H and O–H groups in total. The number of aliphatic hydroxyl groups is 1. The molecule has 0 saturated carbocycles. The molecule has 0 radical (unpaired) electrons. The van der Waals surface area contributed by atoms with Gasteiger partial charge in [-0.25, -0.2) is 0 Å². The van der Waals surface area contributed by atoms with Gasteiger partial charge in [0.2, 0.25) is 0 Å². The third-order valence-corrected chi connectivity index (χ3v) is 0.659. The van der Waals surface area contributed by atoms with Crippen LogP contribution in [0.3, 0.4) is 0 Å². The number of ether oxygens (including phenoxy) is 2. The maximum Gasteiger partial charge on any atom is 0.0773 e. The van der Waals surface area contributed by atoms with E-state index in [1.807, 2.05) is 0 Å². The molecule has 0 rings (SSSR count). The molecular weight excluding hydrogens is 120 g/mol. The second-order valence-corrected chi connectivity index (χ2v) is 1.64. The molecule has 0 amide bonds. The van der Waals surface area contributed by atoms with Crippen molar-refractivity contribution in [1.82, 2.24) is 0 Å². The van der Waals surface area contributed by atoms with Crippen molar-refractivity contribution in [3.8, 4) is 0 Å². The largest absolute Gasteiger partial charge is 0.394 e. The summed E-state index contributed by atoms with van der Waals surface area (Å²) in [6, 6.07) is 0. The van der Waals surface area contributed by atoms with Crippen molar-refractivity contribution in [2.24, 2.45) is 0 Å². The molecular formula is C6H16O3. The molecule has 0 aromatic rings. The standard InChI is InChI=1S/C4H10O2.C2H6O/c1-4(3-5)6-2;1-3-2/h4-5H,3H2,1-2H3;1-2H3. The second-order valence-electron chi connectivity index (χ2n) is 1.64. The van der Waals surface area contributed by atoms with E-state index in [2.05, 4.69) is 9.47 Å². The fraction of sp³-hybridized carbons (Fsp3) is 1.00. The van der Waals surface area contributed by atoms with Gasteiger partial charge in [-0.1, -0.05) is 0 Å². The highest BCUT2D eigenvalue weighted by Gasteiger charge is 1.90. The number of methoxy groups -OCH3 is 2. The van der Waals surface area contributed by atoms with Crippen LogP contribution in [0.4, 0.5) is 0 Å². The molecule has 9 heavy (non-hydrogen) atoms. The molecule has 1 unspecified atom stereocenters. The first-order valence-electron chi connectivity index (χ1n) is 2.76. The lowest BCUT2D eigenvalue weighted by Gasteiger charge is -2.00. The van der Waals surface area contributed by atoms with Gasteiger partial charge in [0.25, 0.3) is 0 Å². The summed E-state index contributed by atoms with van der Waals surface area (Å²) in [7, 11) is 4.82. The summed E-state index contributed by atoms with van der Waals surface area (Å²) in [4.78, 5) is 0. The van der Waals surface area contributed by atoms with Gasteiger partial charge < -0.3 is 14.6 Å². The Kier molecular flexibility index (Phi) is 14.0. The zero-order valence-electron chi connectivity index (χ0n) is 6.55. The zero-order chi connectivity index (χ0) is 7.70. The smallest absolute Gasteiger partial charge is 0.0773 e. The van der Waals surface area contributed by atoms with Crippen molar-refractivity contribution < 1.29 is 14.6 Å². The minimum atomic E-state index is -0.00926. The van der Waals surface area contributed by atoms with E-state index in [1.165, 1.54) is 0 Å². The summed E-state index contributed by atoms with van der Waals surface area (Å²) >= 11 is 0. The SMILES string of the molecule is COC.COC(C)CO. The summed E-state index contributed by atoms with van der Waals surface area (Å²) in [5.41, 5.74) is 0. The monoisotopic (exact) mass is 136 g/mol. The first-order chi connectivity index (χ1) is 4.22. The van der Waals surface area contributed by atoms with E-state index in [0.717, 1.165) is 0 Å². The Bertz CT molecular complexity index is 35.3. The van der Waals surface area contributed by atoms with Gasteiger partial charge in [0.1, 0.15) is 0 Å². The molecule has 1 atom stereocenters. The topological polar surface area (TPSA) is 38.7 Å². The van der Waals surface area contributed by atoms with Crippen LogP contribution in [0.2, 0.25) is 0 Å². The third kappa shape index (κ3) is 18.1. The van der Waals surface area contributed by atoms with Crippen LogP contribution in [0.25, 0.3) is 0 Å². The van der Waals surface area contributed by atoms with Crippen LogP contribution in [0.15, 0.2) is 0 Å². The van der Waals surface area contributed by atoms with E-state index in [9.17, 15) is 0 Å². The maximum absolute atomic E-state index is 8.21. The van der Waals surface area contributed by atoms with Crippen molar-refractivity contribution in [2.75, 3.05) is 27.9 Å². The third-order valence-electron chi connectivity index (χ3n) is 0.659. The Hall–Kier alpha value is -0.120. The summed E-state index contributed by atoms with van der Waals surface area (Å²) in [5.74, 6) is 0. The molecule has 0 aliphatic heterocycles. The second kappa shape index (κ2) is 10.8. The fourth-order valence-corrected chi connectivity index (χ4v) is 0.0745. The van der Waals surface area contributed by atoms with Gasteiger partial charge in [-0.05, 0) is 6.92 Å². The van der Waals surface area contributed by atoms with E-state index < -0.39 is 0 Å². The van der Waals surface area contributed by atoms with Crippen LogP contribution >= 0.6 is 0 Å². The lowest BCUT2D eigenvalue weighted by molar-refractivity contribution is 0.0623. The lowest BCUT2D eigenvalue weighted by atomic mass is 10.4. The van der Waals surface area contributed by atoms with Gasteiger partial charge in [0, 0.05) is 21.3 Å². The van der Waals surface area contributed by atoms with Crippen molar-refractivity contribution in [3.05, 3.63) is 0 Å². The first kappa shape index (κ1) is 11.6. The minimum Gasteiger partial charge on any atom is -0.394 e. The van der Waals surface area contributed by atoms with Gasteiger partial charge in [-0.15, -0.1) is 0 Å². The highest BCUT2D eigenvalue weighted by molar-refractivity contribution is 4.38. The molecule has 0 spiro atoms. The normalized spacial score (nSPS) is 11.7. The molecule has 0 aliphatic carbocycles. The maximum atomic E-state index is 8.21. The Morgan fingerprint density at radius 3 is 1.67 bits per heavy atom. The van der Waals surface area contributed by atoms with Gasteiger partial charge in [0.05, 0.1) is 12.7 Å². The van der Waals surface area contributed by atoms with Crippen LogP contribution in [0, 0.1) is 0 Å². The van der Waals surface area contributed by atoms with Gasteiger partial charge in [-0.2, -0.15) is 0 Å². The molecule has 0 heterocycles. The number of rotatable bonds is 2. The van der Waals surface area contributed by atoms with Gasteiger partial charge in [-0.3, -0.25) is 0 Å². The van der Waals surface area contributed by atoms with Crippen molar-refractivity contribution in [3.63, 3.8) is 0 Å². The molecule has 0 aliphatic rings. The molecule has 58 valence electrons. The first-order valence-corrected chi connectivity index (χ1v) is 2.76. The predicted octanol–water partition coefficient (Wildman–Crippen LogP) is 0.276. The number of hydrogen-bond acceptors (Lipinski definition) is 3. The summed E-state index contributed by atoms with van der Waals surface area (Å²) < 4.78 is 8.90. The van der Waals surface area contributed by atoms with Crippen LogP contribution in [-0.4, -0.2) is 39.1 Å². The molecule has 0 fully saturated rings. The van der Waals surface area contributed by atoms with E-state index in [1.54, 1.807) is 28.3 Å². The molecule has 3 nitrogen and oxygen atoms in total. The highest BCUT2D eigenvalue weighted by Crippen LogP contribution is 1.80. The molecule has 0 saturated heterocycles. The molecule has 0 aromatic carbocycles. The van der Waals surface area contributed by atoms with E-state index >= 15 is 0 Å². The number of hydrogen-bond donors (Lipinski definition) is 1. The Morgan fingerprint density at radius 1 is 1.33 bits per heavy atom. The van der Waals surface area contributed by atoms with Gasteiger partial charge >= 0.3 is 0 Å². The van der Waals surface area contributed by atoms with E-state index in [0.29, 0.717) is 0 Å². The fourth-order valence-electron chi connectivity index (χ4n) is 0.0745. The summed E-state index contributed by atoms with van der Waals surface area (Å²) in [6.07, 6.45) is -0.00926. The van der Waals surface area contributed by atoms with Crippen LogP contribution < -0.4 is 0 Å². The van der Waals surface area contributed by atoms with Crippen LogP contribution in [0.1, 0.15) is 6.92 Å². The molecule has 0 bridgehead atoms.